The van der Waals surface area contributed by atoms with Gasteiger partial charge in [-0.15, -0.1) is 0 Å². The molecule has 0 aromatic heterocycles. The van der Waals surface area contributed by atoms with Crippen LogP contribution in [0, 0.1) is 0 Å². The largest absolute Gasteiger partial charge is 0.493 e. The number of hydrogen-bond donors (Lipinski definition) is 2. The summed E-state index contributed by atoms with van der Waals surface area (Å²) in [6.45, 7) is 20.2. The molecule has 11 aliphatic heterocycles. The molecule has 422 valence electrons. The Morgan fingerprint density at radius 3 is 1.46 bits per heavy atom. The zero-order valence-electron chi connectivity index (χ0n) is 48.5. The monoisotopic (exact) mass is 1070 g/mol. The second kappa shape index (κ2) is 27.3. The molecule has 8 bridgehead atoms. The zero-order valence-corrected chi connectivity index (χ0v) is 48.5. The zero-order chi connectivity index (χ0) is 55.9. The molecule has 11 heterocycles. The number of nitrogens with one attached hydrogen (secondary N) is 2. The lowest BCUT2D eigenvalue weighted by molar-refractivity contribution is -0.130. The minimum atomic E-state index is -0.575. The summed E-state index contributed by atoms with van der Waals surface area (Å²) in [7, 11) is 6.52. The number of likely N-dealkylation sites (tertiary alicyclic amines) is 1. The predicted octanol–water partition coefficient (Wildman–Crippen LogP) is 12.2. The Balaban J connectivity index is 1.00. The Bertz CT molecular complexity index is 2530. The topological polar surface area (TPSA) is 135 Å². The molecule has 1 fully saturated rings. The van der Waals surface area contributed by atoms with Crippen LogP contribution in [-0.4, -0.2) is 97.8 Å². The Morgan fingerprint density at radius 1 is 0.590 bits per heavy atom. The van der Waals surface area contributed by atoms with Crippen LogP contribution >= 0.6 is 0 Å². The summed E-state index contributed by atoms with van der Waals surface area (Å²) in [6, 6.07) is 31.8. The quantitative estimate of drug-likeness (QED) is 0.0970. The number of carbonyl (C=O) groups is 2. The Morgan fingerprint density at radius 2 is 1.04 bits per heavy atom. The number of hydrogen-bond acceptors (Lipinski definition) is 11. The highest BCUT2D eigenvalue weighted by Crippen LogP contribution is 2.51. The molecule has 0 saturated carbocycles. The van der Waals surface area contributed by atoms with E-state index in [1.807, 2.05) is 53.4 Å². The highest BCUT2D eigenvalue weighted by molar-refractivity contribution is 5.75. The normalized spacial score (nSPS) is 15.3. The van der Waals surface area contributed by atoms with Gasteiger partial charge in [-0.3, -0.25) is 9.59 Å². The van der Waals surface area contributed by atoms with Crippen LogP contribution in [-0.2, 0) is 32.4 Å². The number of methoxy groups -OCH3 is 4. The van der Waals surface area contributed by atoms with Crippen LogP contribution < -0.4 is 48.5 Å². The molecular formula is C65H87N3O10. The van der Waals surface area contributed by atoms with E-state index in [0.29, 0.717) is 113 Å². The van der Waals surface area contributed by atoms with Crippen LogP contribution in [0.25, 0.3) is 0 Å². The van der Waals surface area contributed by atoms with Crippen LogP contribution in [0.2, 0.25) is 0 Å². The number of amides is 2. The van der Waals surface area contributed by atoms with Crippen molar-refractivity contribution in [2.24, 2.45) is 0 Å². The van der Waals surface area contributed by atoms with Crippen molar-refractivity contribution in [3.63, 3.8) is 0 Å². The molecule has 0 atom stereocenters. The van der Waals surface area contributed by atoms with Crippen molar-refractivity contribution in [2.75, 3.05) is 81.0 Å². The second-order valence-electron chi connectivity index (χ2n) is 22.8. The first-order valence-electron chi connectivity index (χ1n) is 28.1. The Hall–Kier alpha value is -6.60. The Labute approximate surface area is 465 Å². The van der Waals surface area contributed by atoms with Crippen molar-refractivity contribution < 1.29 is 47.5 Å². The molecule has 13 heteroatoms. The van der Waals surface area contributed by atoms with E-state index in [1.54, 1.807) is 35.4 Å². The molecule has 5 aromatic carbocycles. The fourth-order valence-corrected chi connectivity index (χ4v) is 10.6. The van der Waals surface area contributed by atoms with Gasteiger partial charge in [0.2, 0.25) is 23.3 Å². The lowest BCUT2D eigenvalue weighted by Crippen LogP contribution is -2.45. The van der Waals surface area contributed by atoms with Gasteiger partial charge in [0.25, 0.3) is 0 Å². The average Bonchev–Trinajstić information content (AvgIpc) is 3.48. The SMILES string of the molecule is COc1cc2cc(OC)c1OCCCOc1ccc(cc1)C(CCCNC(=O)CCCCNCc1cc(C(C)(C)C)cc(C(C)(C)C)c1)c1ccc(cc1)OCCCOc1c(OC)cc(cc1OC)C21CCN(C(C)=O)CC1. The first kappa shape index (κ1) is 59.1. The van der Waals surface area contributed by atoms with Gasteiger partial charge in [0.05, 0.1) is 54.9 Å². The van der Waals surface area contributed by atoms with Crippen molar-refractivity contribution in [2.45, 2.75) is 135 Å². The van der Waals surface area contributed by atoms with Crippen molar-refractivity contribution in [1.82, 2.24) is 15.5 Å². The molecule has 0 unspecified atom stereocenters. The fraction of sp³-hybridized carbons (Fsp3) is 0.508. The van der Waals surface area contributed by atoms with Crippen LogP contribution in [0.1, 0.15) is 151 Å². The van der Waals surface area contributed by atoms with E-state index >= 15 is 0 Å². The summed E-state index contributed by atoms with van der Waals surface area (Å²) in [6.07, 6.45) is 6.43. The van der Waals surface area contributed by atoms with Crippen molar-refractivity contribution in [3.05, 3.63) is 130 Å². The fourth-order valence-electron chi connectivity index (χ4n) is 10.6. The van der Waals surface area contributed by atoms with E-state index in [-0.39, 0.29) is 28.6 Å². The lowest BCUT2D eigenvalue weighted by Gasteiger charge is -2.43. The molecule has 5 aromatic rings. The minimum Gasteiger partial charge on any atom is -0.493 e. The summed E-state index contributed by atoms with van der Waals surface area (Å²) in [4.78, 5) is 27.5. The number of carbonyl (C=O) groups excluding carboxylic acids is 2. The van der Waals surface area contributed by atoms with Gasteiger partial charge in [0, 0.05) is 63.7 Å². The van der Waals surface area contributed by atoms with Gasteiger partial charge in [-0.1, -0.05) is 84.0 Å². The summed E-state index contributed by atoms with van der Waals surface area (Å²) >= 11 is 0. The maximum Gasteiger partial charge on any atom is 0.219 e. The van der Waals surface area contributed by atoms with E-state index in [2.05, 4.69) is 94.6 Å². The smallest absolute Gasteiger partial charge is 0.219 e. The highest BCUT2D eigenvalue weighted by atomic mass is 16.5. The van der Waals surface area contributed by atoms with Gasteiger partial charge in [-0.05, 0) is 143 Å². The summed E-state index contributed by atoms with van der Waals surface area (Å²) in [5.74, 6) is 4.93. The predicted molar refractivity (Wildman–Crippen MR) is 309 cm³/mol. The van der Waals surface area contributed by atoms with E-state index < -0.39 is 5.41 Å². The second-order valence-corrected chi connectivity index (χ2v) is 22.8. The summed E-state index contributed by atoms with van der Waals surface area (Å²) in [5.41, 5.74) is 7.86. The Kier molecular flexibility index (Phi) is 20.7. The lowest BCUT2D eigenvalue weighted by atomic mass is 9.67. The number of nitrogens with zero attached hydrogens (tertiary/aromatic N) is 1. The number of ether oxygens (including phenoxy) is 8. The summed E-state index contributed by atoms with van der Waals surface area (Å²) < 4.78 is 49.4. The highest BCUT2D eigenvalue weighted by Gasteiger charge is 2.41. The van der Waals surface area contributed by atoms with Gasteiger partial charge >= 0.3 is 0 Å². The third-order valence-electron chi connectivity index (χ3n) is 15.3. The van der Waals surface area contributed by atoms with E-state index in [9.17, 15) is 9.59 Å². The van der Waals surface area contributed by atoms with Crippen LogP contribution in [0.4, 0.5) is 0 Å². The minimum absolute atomic E-state index is 0.0422. The van der Waals surface area contributed by atoms with E-state index in [1.165, 1.54) is 16.7 Å². The first-order chi connectivity index (χ1) is 37.5. The third kappa shape index (κ3) is 15.4. The maximum absolute atomic E-state index is 13.0. The van der Waals surface area contributed by atoms with Crippen molar-refractivity contribution in [1.29, 1.82) is 0 Å². The number of rotatable bonds is 15. The van der Waals surface area contributed by atoms with Gasteiger partial charge in [0.15, 0.2) is 23.0 Å². The molecule has 16 rings (SSSR count). The molecule has 0 aliphatic carbocycles. The van der Waals surface area contributed by atoms with Gasteiger partial charge in [-0.2, -0.15) is 0 Å². The van der Waals surface area contributed by atoms with Gasteiger partial charge in [0.1, 0.15) is 11.5 Å². The molecule has 11 aliphatic rings. The van der Waals surface area contributed by atoms with Gasteiger partial charge < -0.3 is 53.4 Å². The van der Waals surface area contributed by atoms with Crippen LogP contribution in [0.5, 0.6) is 46.0 Å². The number of unbranched alkanes of at least 4 members (excludes halogenated alkanes) is 1. The van der Waals surface area contributed by atoms with Crippen LogP contribution in [0.3, 0.4) is 0 Å². The molecule has 2 N–H and O–H groups in total. The number of piperidine rings is 1. The van der Waals surface area contributed by atoms with Crippen LogP contribution in [0.15, 0.2) is 91.0 Å². The first-order valence-corrected chi connectivity index (χ1v) is 28.1. The molecule has 2 amide bonds. The standard InChI is InChI=1S/C65H87N3O10/c1-45(69)68-31-27-65(28-32-68)51-40-56(71-8)61(57(41-51)72-9)77-35-15-33-75-53-23-19-47(20-24-53)55(48-21-25-54(26-22-48)76-34-16-36-78-62-58(73-10)42-52(65)43-59(62)74-11)17-14-30-67-60(70)18-12-13-29-66-44-46-37-49(63(2,3)4)39-50(38-46)64(5,6)7/h19-26,37-43,55,66H,12-18,27-36,44H2,1-11H3,(H,67,70). The number of benzene rings is 5. The molecule has 1 saturated heterocycles. The van der Waals surface area contributed by atoms with Crippen molar-refractivity contribution in [3.8, 4) is 46.0 Å². The van der Waals surface area contributed by atoms with E-state index in [0.717, 1.165) is 72.5 Å². The molecule has 78 heavy (non-hydrogen) atoms. The molecule has 1 spiro atoms. The molecule has 13 nitrogen and oxygen atoms in total. The maximum atomic E-state index is 13.0. The van der Waals surface area contributed by atoms with Crippen molar-refractivity contribution >= 4 is 11.8 Å². The summed E-state index contributed by atoms with van der Waals surface area (Å²) in [5, 5.41) is 6.82. The third-order valence-corrected chi connectivity index (χ3v) is 15.3. The molecule has 0 radical (unpaired) electrons. The van der Waals surface area contributed by atoms with E-state index in [4.69, 9.17) is 37.9 Å². The molecular weight excluding hydrogens is 983 g/mol. The van der Waals surface area contributed by atoms with Gasteiger partial charge in [-0.25, -0.2) is 0 Å². The average molecular weight is 1070 g/mol.